The smallest absolute Gasteiger partial charge is 0.166 e. The molecule has 1 heterocycles. The maximum Gasteiger partial charge on any atom is 0.166 e. The Balaban J connectivity index is 2.58. The molecule has 3 nitrogen and oxygen atoms in total. The molecule has 0 N–H and O–H groups in total. The Morgan fingerprint density at radius 1 is 1.38 bits per heavy atom. The number of aldehydes is 1. The molecule has 16 heavy (non-hydrogen) atoms. The molecule has 2 rings (SSSR count). The molecule has 0 spiro atoms. The van der Waals surface area contributed by atoms with E-state index in [0.717, 1.165) is 0 Å². The highest BCUT2D eigenvalue weighted by molar-refractivity contribution is 5.73. The molecule has 0 radical (unpaired) electrons. The van der Waals surface area contributed by atoms with Gasteiger partial charge in [0, 0.05) is 12.3 Å². The first-order valence-corrected chi connectivity index (χ1v) is 4.72. The quantitative estimate of drug-likeness (QED) is 0.742. The number of aromatic nitrogens is 1. The van der Waals surface area contributed by atoms with Crippen molar-refractivity contribution in [1.29, 1.82) is 0 Å². The topological polar surface area (TPSA) is 31.2 Å². The molecule has 0 aliphatic heterocycles. The van der Waals surface area contributed by atoms with Crippen LogP contribution in [0.4, 0.5) is 4.39 Å². The second-order valence-corrected chi connectivity index (χ2v) is 3.24. The van der Waals surface area contributed by atoms with Crippen LogP contribution >= 0.6 is 0 Å². The summed E-state index contributed by atoms with van der Waals surface area (Å²) in [5, 5.41) is 0. The van der Waals surface area contributed by atoms with Gasteiger partial charge >= 0.3 is 0 Å². The molecule has 0 bridgehead atoms. The van der Waals surface area contributed by atoms with E-state index in [1.54, 1.807) is 24.4 Å². The Morgan fingerprint density at radius 3 is 2.88 bits per heavy atom. The van der Waals surface area contributed by atoms with Gasteiger partial charge in [0.25, 0.3) is 0 Å². The lowest BCUT2D eigenvalue weighted by Crippen LogP contribution is -2.01. The molecule has 0 saturated carbocycles. The van der Waals surface area contributed by atoms with Gasteiger partial charge < -0.3 is 9.30 Å². The van der Waals surface area contributed by atoms with Gasteiger partial charge in [0.2, 0.25) is 0 Å². The average Bonchev–Trinajstić information content (AvgIpc) is 2.77. The second kappa shape index (κ2) is 4.18. The Hall–Kier alpha value is -2.10. The maximum atomic E-state index is 13.6. The summed E-state index contributed by atoms with van der Waals surface area (Å²) in [4.78, 5) is 10.8. The molecule has 0 unspecified atom stereocenters. The van der Waals surface area contributed by atoms with Crippen LogP contribution < -0.4 is 4.74 Å². The van der Waals surface area contributed by atoms with E-state index in [4.69, 9.17) is 4.74 Å². The van der Waals surface area contributed by atoms with E-state index in [-0.39, 0.29) is 0 Å². The van der Waals surface area contributed by atoms with Crippen molar-refractivity contribution < 1.29 is 13.9 Å². The van der Waals surface area contributed by atoms with Crippen LogP contribution in [0.1, 0.15) is 10.5 Å². The fourth-order valence-corrected chi connectivity index (χ4v) is 1.51. The van der Waals surface area contributed by atoms with Gasteiger partial charge in [-0.2, -0.15) is 0 Å². The van der Waals surface area contributed by atoms with Crippen molar-refractivity contribution in [2.75, 3.05) is 7.11 Å². The van der Waals surface area contributed by atoms with Crippen molar-refractivity contribution in [2.45, 2.75) is 0 Å². The van der Waals surface area contributed by atoms with Gasteiger partial charge in [0.15, 0.2) is 6.29 Å². The van der Waals surface area contributed by atoms with Crippen molar-refractivity contribution in [3.63, 3.8) is 0 Å². The highest BCUT2D eigenvalue weighted by atomic mass is 19.1. The van der Waals surface area contributed by atoms with Gasteiger partial charge in [-0.15, -0.1) is 0 Å². The Bertz CT molecular complexity index is 519. The Kier molecular flexibility index (Phi) is 2.72. The Labute approximate surface area is 92.1 Å². The van der Waals surface area contributed by atoms with Gasteiger partial charge in [-0.25, -0.2) is 4.39 Å². The van der Waals surface area contributed by atoms with Crippen LogP contribution in [0.2, 0.25) is 0 Å². The number of carbonyl (C=O) groups is 1. The summed E-state index contributed by atoms with van der Waals surface area (Å²) in [5.41, 5.74) is 0.693. The third-order valence-corrected chi connectivity index (χ3v) is 2.31. The van der Waals surface area contributed by atoms with Gasteiger partial charge in [0.1, 0.15) is 11.6 Å². The minimum absolute atomic E-state index is 0.298. The molecular weight excluding hydrogens is 209 g/mol. The van der Waals surface area contributed by atoms with E-state index in [1.807, 2.05) is 0 Å². The number of halogens is 1. The van der Waals surface area contributed by atoms with Crippen LogP contribution in [-0.2, 0) is 0 Å². The van der Waals surface area contributed by atoms with Crippen LogP contribution in [0, 0.1) is 5.82 Å². The first kappa shape index (κ1) is 10.4. The van der Waals surface area contributed by atoms with Crippen LogP contribution in [0.3, 0.4) is 0 Å². The van der Waals surface area contributed by atoms with Gasteiger partial charge in [-0.1, -0.05) is 0 Å². The summed E-state index contributed by atoms with van der Waals surface area (Å²) in [5.74, 6) is 0.141. The third-order valence-electron chi connectivity index (χ3n) is 2.31. The van der Waals surface area contributed by atoms with Gasteiger partial charge in [0.05, 0.1) is 18.5 Å². The van der Waals surface area contributed by atoms with Crippen LogP contribution in [0.15, 0.2) is 36.5 Å². The van der Waals surface area contributed by atoms with Crippen molar-refractivity contribution >= 4 is 6.29 Å². The maximum absolute atomic E-state index is 13.6. The number of methoxy groups -OCH3 is 1. The van der Waals surface area contributed by atoms with Crippen LogP contribution in [0.25, 0.3) is 5.69 Å². The zero-order valence-corrected chi connectivity index (χ0v) is 8.68. The van der Waals surface area contributed by atoms with E-state index in [2.05, 4.69) is 0 Å². The average molecular weight is 219 g/mol. The van der Waals surface area contributed by atoms with Gasteiger partial charge in [-0.3, -0.25) is 4.79 Å². The predicted octanol–water partition coefficient (Wildman–Crippen LogP) is 2.44. The molecule has 0 saturated heterocycles. The van der Waals surface area contributed by atoms with Crippen LogP contribution in [-0.4, -0.2) is 18.0 Å². The minimum Gasteiger partial charge on any atom is -0.497 e. The fraction of sp³-hybridized carbons (Fsp3) is 0.0833. The molecule has 0 amide bonds. The summed E-state index contributed by atoms with van der Waals surface area (Å²) >= 11 is 0. The molecule has 2 aromatic rings. The Morgan fingerprint density at radius 2 is 2.19 bits per heavy atom. The molecular formula is C12H10FNO2. The lowest BCUT2D eigenvalue weighted by atomic mass is 10.2. The van der Waals surface area contributed by atoms with Gasteiger partial charge in [-0.05, 0) is 24.3 Å². The van der Waals surface area contributed by atoms with Crippen molar-refractivity contribution in [1.82, 2.24) is 4.57 Å². The summed E-state index contributed by atoms with van der Waals surface area (Å²) in [6.45, 7) is 0. The van der Waals surface area contributed by atoms with E-state index in [9.17, 15) is 9.18 Å². The van der Waals surface area contributed by atoms with E-state index in [1.165, 1.54) is 23.8 Å². The highest BCUT2D eigenvalue weighted by Crippen LogP contribution is 2.21. The van der Waals surface area contributed by atoms with Crippen molar-refractivity contribution in [2.24, 2.45) is 0 Å². The summed E-state index contributed by atoms with van der Waals surface area (Å²) in [6.07, 6.45) is 2.31. The summed E-state index contributed by atoms with van der Waals surface area (Å²) in [6, 6.07) is 7.68. The lowest BCUT2D eigenvalue weighted by Gasteiger charge is -2.08. The normalized spacial score (nSPS) is 10.1. The third kappa shape index (κ3) is 1.69. The zero-order valence-electron chi connectivity index (χ0n) is 8.68. The molecule has 0 aliphatic rings. The minimum atomic E-state index is -0.403. The highest BCUT2D eigenvalue weighted by Gasteiger charge is 2.08. The summed E-state index contributed by atoms with van der Waals surface area (Å²) in [7, 11) is 1.51. The molecule has 0 aliphatic carbocycles. The predicted molar refractivity (Wildman–Crippen MR) is 57.7 cm³/mol. The number of benzene rings is 1. The fourth-order valence-electron chi connectivity index (χ4n) is 1.51. The van der Waals surface area contributed by atoms with Crippen molar-refractivity contribution in [3.05, 3.63) is 48.0 Å². The standard InChI is InChI=1S/C12H10FNO2/c1-16-10-4-5-11(13)12(7-10)14-6-2-3-9(14)8-15/h2-8H,1H3. The zero-order chi connectivity index (χ0) is 11.5. The molecule has 0 atom stereocenters. The summed E-state index contributed by atoms with van der Waals surface area (Å²) < 4.78 is 20.1. The first-order chi connectivity index (χ1) is 7.76. The number of carbonyl (C=O) groups excluding carboxylic acids is 1. The van der Waals surface area contributed by atoms with Crippen molar-refractivity contribution in [3.8, 4) is 11.4 Å². The van der Waals surface area contributed by atoms with Crippen LogP contribution in [0.5, 0.6) is 5.75 Å². The van der Waals surface area contributed by atoms with E-state index < -0.39 is 5.82 Å². The molecule has 4 heteroatoms. The number of rotatable bonds is 3. The number of ether oxygens (including phenoxy) is 1. The molecule has 0 fully saturated rings. The number of hydrogen-bond acceptors (Lipinski definition) is 2. The monoisotopic (exact) mass is 219 g/mol. The first-order valence-electron chi connectivity index (χ1n) is 4.72. The largest absolute Gasteiger partial charge is 0.497 e. The van der Waals surface area contributed by atoms with E-state index >= 15 is 0 Å². The molecule has 1 aromatic carbocycles. The lowest BCUT2D eigenvalue weighted by molar-refractivity contribution is 0.111. The number of hydrogen-bond donors (Lipinski definition) is 0. The SMILES string of the molecule is COc1ccc(F)c(-n2cccc2C=O)c1. The molecule has 1 aromatic heterocycles. The van der Waals surface area contributed by atoms with E-state index in [0.29, 0.717) is 23.4 Å². The molecule has 82 valence electrons. The second-order valence-electron chi connectivity index (χ2n) is 3.24. The number of nitrogens with zero attached hydrogens (tertiary/aromatic N) is 1.